The van der Waals surface area contributed by atoms with Gasteiger partial charge in [-0.05, 0) is 24.6 Å². The molecule has 0 saturated carbocycles. The van der Waals surface area contributed by atoms with E-state index < -0.39 is 0 Å². The first-order valence-electron chi connectivity index (χ1n) is 5.09. The molecule has 4 heteroatoms. The van der Waals surface area contributed by atoms with Gasteiger partial charge >= 0.3 is 0 Å². The number of pyridine rings is 1. The Bertz CT molecular complexity index is 353. The van der Waals surface area contributed by atoms with Crippen LogP contribution in [0.2, 0.25) is 0 Å². The average molecular weight is 204 g/mol. The van der Waals surface area contributed by atoms with Gasteiger partial charge in [-0.15, -0.1) is 0 Å². The van der Waals surface area contributed by atoms with Crippen LogP contribution in [0.5, 0.6) is 0 Å². The molecule has 1 N–H and O–H groups in total. The van der Waals surface area contributed by atoms with Gasteiger partial charge in [0.2, 0.25) is 6.29 Å². The molecule has 1 unspecified atom stereocenters. The van der Waals surface area contributed by atoms with E-state index in [1.165, 1.54) is 0 Å². The second-order valence-corrected chi connectivity index (χ2v) is 3.72. The van der Waals surface area contributed by atoms with Crippen molar-refractivity contribution in [3.8, 4) is 0 Å². The Morgan fingerprint density at radius 3 is 3.27 bits per heavy atom. The molecule has 1 fully saturated rings. The molecule has 0 bridgehead atoms. The summed E-state index contributed by atoms with van der Waals surface area (Å²) >= 11 is 0. The molecular formula is C11H14N3O. The van der Waals surface area contributed by atoms with Crippen LogP contribution in [-0.2, 0) is 4.79 Å². The largest absolute Gasteiger partial charge is 0.343 e. The van der Waals surface area contributed by atoms with Crippen LogP contribution >= 0.6 is 0 Å². The molecular weight excluding hydrogens is 190 g/mol. The lowest BCUT2D eigenvalue weighted by atomic mass is 10.2. The molecule has 2 heterocycles. The monoisotopic (exact) mass is 204 g/mol. The van der Waals surface area contributed by atoms with Gasteiger partial charge in [0.1, 0.15) is 11.9 Å². The fraction of sp³-hybridized carbons (Fsp3) is 0.455. The molecule has 4 nitrogen and oxygen atoms in total. The summed E-state index contributed by atoms with van der Waals surface area (Å²) in [6.07, 6.45) is 3.82. The van der Waals surface area contributed by atoms with Crippen molar-refractivity contribution >= 4 is 12.1 Å². The lowest BCUT2D eigenvalue weighted by Gasteiger charge is -2.33. The van der Waals surface area contributed by atoms with Gasteiger partial charge in [0.15, 0.2) is 0 Å². The fourth-order valence-electron chi connectivity index (χ4n) is 1.76. The number of piperazine rings is 1. The first-order chi connectivity index (χ1) is 7.31. The lowest BCUT2D eigenvalue weighted by molar-refractivity contribution is 0.493. The molecule has 0 spiro atoms. The topological polar surface area (TPSA) is 45.2 Å². The summed E-state index contributed by atoms with van der Waals surface area (Å²) in [6, 6.07) is 3.73. The van der Waals surface area contributed by atoms with E-state index in [1.54, 1.807) is 6.20 Å². The van der Waals surface area contributed by atoms with Crippen LogP contribution in [0.1, 0.15) is 5.56 Å². The number of hydrogen-bond acceptors (Lipinski definition) is 4. The Kier molecular flexibility index (Phi) is 2.97. The van der Waals surface area contributed by atoms with Gasteiger partial charge in [-0.2, -0.15) is 0 Å². The number of rotatable bonds is 2. The molecule has 0 amide bonds. The maximum Gasteiger partial charge on any atom is 0.224 e. The minimum Gasteiger partial charge on any atom is -0.343 e. The zero-order valence-corrected chi connectivity index (χ0v) is 8.73. The Labute approximate surface area is 89.3 Å². The molecule has 1 atom stereocenters. The Morgan fingerprint density at radius 1 is 1.67 bits per heavy atom. The predicted octanol–water partition coefficient (Wildman–Crippen LogP) is 0.278. The summed E-state index contributed by atoms with van der Waals surface area (Å²) in [5, 5.41) is 3.17. The molecule has 79 valence electrons. The third-order valence-electron chi connectivity index (χ3n) is 2.57. The Hall–Kier alpha value is -1.42. The second kappa shape index (κ2) is 4.40. The van der Waals surface area contributed by atoms with Crippen molar-refractivity contribution in [3.05, 3.63) is 23.9 Å². The summed E-state index contributed by atoms with van der Waals surface area (Å²) in [4.78, 5) is 17.1. The van der Waals surface area contributed by atoms with Crippen LogP contribution in [0.3, 0.4) is 0 Å². The summed E-state index contributed by atoms with van der Waals surface area (Å²) in [5.41, 5.74) is 1.16. The Balaban J connectivity index is 2.23. The molecule has 1 radical (unpaired) electrons. The minimum absolute atomic E-state index is 0.215. The predicted molar refractivity (Wildman–Crippen MR) is 58.7 cm³/mol. The van der Waals surface area contributed by atoms with Crippen LogP contribution in [0.25, 0.3) is 0 Å². The van der Waals surface area contributed by atoms with E-state index in [1.807, 2.05) is 30.2 Å². The maximum atomic E-state index is 10.8. The fourth-order valence-corrected chi connectivity index (χ4v) is 1.76. The molecule has 1 saturated heterocycles. The van der Waals surface area contributed by atoms with Gasteiger partial charge in [-0.1, -0.05) is 0 Å². The Morgan fingerprint density at radius 2 is 2.53 bits per heavy atom. The van der Waals surface area contributed by atoms with Crippen LogP contribution in [0.4, 0.5) is 5.82 Å². The van der Waals surface area contributed by atoms with Crippen molar-refractivity contribution < 1.29 is 4.79 Å². The van der Waals surface area contributed by atoms with Gasteiger partial charge < -0.3 is 10.2 Å². The van der Waals surface area contributed by atoms with E-state index >= 15 is 0 Å². The van der Waals surface area contributed by atoms with Crippen LogP contribution < -0.4 is 10.2 Å². The van der Waals surface area contributed by atoms with Crippen molar-refractivity contribution in [2.45, 2.75) is 13.0 Å². The van der Waals surface area contributed by atoms with E-state index in [4.69, 9.17) is 0 Å². The van der Waals surface area contributed by atoms with E-state index in [-0.39, 0.29) is 6.04 Å². The third-order valence-corrected chi connectivity index (χ3v) is 2.57. The van der Waals surface area contributed by atoms with Crippen LogP contribution in [-0.4, -0.2) is 36.9 Å². The molecule has 1 aliphatic rings. The van der Waals surface area contributed by atoms with Crippen molar-refractivity contribution in [1.82, 2.24) is 10.3 Å². The van der Waals surface area contributed by atoms with Gasteiger partial charge in [0, 0.05) is 25.8 Å². The molecule has 1 aromatic rings. The van der Waals surface area contributed by atoms with E-state index in [9.17, 15) is 4.79 Å². The second-order valence-electron chi connectivity index (χ2n) is 3.72. The normalized spacial score (nSPS) is 21.4. The highest BCUT2D eigenvalue weighted by molar-refractivity contribution is 5.66. The number of hydrogen-bond donors (Lipinski definition) is 1. The molecule has 0 aliphatic carbocycles. The zero-order chi connectivity index (χ0) is 10.7. The van der Waals surface area contributed by atoms with E-state index in [0.717, 1.165) is 24.5 Å². The summed E-state index contributed by atoms with van der Waals surface area (Å²) in [6.45, 7) is 4.36. The number of aromatic nitrogens is 1. The molecule has 0 aromatic carbocycles. The average Bonchev–Trinajstić information content (AvgIpc) is 2.29. The van der Waals surface area contributed by atoms with Crippen molar-refractivity contribution in [3.63, 3.8) is 0 Å². The number of aryl methyl sites for hydroxylation is 1. The standard InChI is InChI=1S/C11H14N3O/c1-9-2-3-13-11(6-9)14-5-4-12-7-10(14)8-15/h2-3,6,10,12H,4-5,7H2,1H3. The first kappa shape index (κ1) is 10.1. The molecule has 15 heavy (non-hydrogen) atoms. The number of carbonyl (C=O) groups excluding carboxylic acids is 1. The van der Waals surface area contributed by atoms with Gasteiger partial charge in [-0.3, -0.25) is 4.79 Å². The van der Waals surface area contributed by atoms with Gasteiger partial charge in [0.25, 0.3) is 0 Å². The zero-order valence-electron chi connectivity index (χ0n) is 8.73. The van der Waals surface area contributed by atoms with Gasteiger partial charge in [0.05, 0.1) is 0 Å². The lowest BCUT2D eigenvalue weighted by Crippen LogP contribution is -2.52. The van der Waals surface area contributed by atoms with E-state index in [2.05, 4.69) is 10.3 Å². The van der Waals surface area contributed by atoms with E-state index in [0.29, 0.717) is 6.54 Å². The quantitative estimate of drug-likeness (QED) is 0.751. The number of nitrogens with zero attached hydrogens (tertiary/aromatic N) is 2. The smallest absolute Gasteiger partial charge is 0.224 e. The van der Waals surface area contributed by atoms with Crippen molar-refractivity contribution in [1.29, 1.82) is 0 Å². The summed E-state index contributed by atoms with van der Waals surface area (Å²) in [7, 11) is 0. The highest BCUT2D eigenvalue weighted by Crippen LogP contribution is 2.15. The van der Waals surface area contributed by atoms with Crippen LogP contribution in [0, 0.1) is 6.92 Å². The first-order valence-corrected chi connectivity index (χ1v) is 5.09. The van der Waals surface area contributed by atoms with Crippen molar-refractivity contribution in [2.75, 3.05) is 24.5 Å². The third kappa shape index (κ3) is 2.15. The SMILES string of the molecule is Cc1ccnc(N2CCNCC2[C]=O)c1. The highest BCUT2D eigenvalue weighted by atomic mass is 16.1. The number of nitrogens with one attached hydrogen (secondary N) is 1. The maximum absolute atomic E-state index is 10.8. The molecule has 1 aliphatic heterocycles. The number of anilines is 1. The molecule has 2 rings (SSSR count). The van der Waals surface area contributed by atoms with Crippen molar-refractivity contribution in [2.24, 2.45) is 0 Å². The minimum atomic E-state index is -0.215. The highest BCUT2D eigenvalue weighted by Gasteiger charge is 2.23. The summed E-state index contributed by atoms with van der Waals surface area (Å²) in [5.74, 6) is 0.866. The van der Waals surface area contributed by atoms with Crippen LogP contribution in [0.15, 0.2) is 18.3 Å². The summed E-state index contributed by atoms with van der Waals surface area (Å²) < 4.78 is 0. The molecule has 1 aromatic heterocycles. The van der Waals surface area contributed by atoms with Gasteiger partial charge in [-0.25, -0.2) is 4.98 Å².